The van der Waals surface area contributed by atoms with Gasteiger partial charge in [0.05, 0.1) is 5.56 Å². The van der Waals surface area contributed by atoms with E-state index in [0.29, 0.717) is 11.3 Å². The Morgan fingerprint density at radius 3 is 2.87 bits per heavy atom. The van der Waals surface area contributed by atoms with Gasteiger partial charge in [-0.05, 0) is 43.1 Å². The fraction of sp³-hybridized carbons (Fsp3) is 0.200. The topological polar surface area (TPSA) is 29.9 Å². The second-order valence-electron chi connectivity index (χ2n) is 5.75. The van der Waals surface area contributed by atoms with Crippen LogP contribution >= 0.6 is 0 Å². The highest BCUT2D eigenvalue weighted by molar-refractivity contribution is 6.11. The van der Waals surface area contributed by atoms with Crippen LogP contribution in [0.15, 0.2) is 53.2 Å². The first-order valence-electron chi connectivity index (χ1n) is 8.63. The van der Waals surface area contributed by atoms with Gasteiger partial charge in [-0.25, -0.2) is 9.55 Å². The second-order valence-corrected chi connectivity index (χ2v) is 5.75. The van der Waals surface area contributed by atoms with Crippen molar-refractivity contribution in [1.82, 2.24) is 4.98 Å². The number of rotatable bonds is 2. The van der Waals surface area contributed by atoms with Crippen molar-refractivity contribution in [3.63, 3.8) is 0 Å². The quantitative estimate of drug-likeness (QED) is 0.516. The molecule has 0 aliphatic carbocycles. The molecule has 0 saturated carbocycles. The maximum Gasteiger partial charge on any atom is 0.227 e. The number of furan rings is 1. The normalized spacial score (nSPS) is 13.3. The van der Waals surface area contributed by atoms with E-state index in [2.05, 4.69) is 11.9 Å². The molecular formula is C20H19N2O+. The zero-order chi connectivity index (χ0) is 17.8. The van der Waals surface area contributed by atoms with E-state index in [1.54, 1.807) is 13.1 Å². The van der Waals surface area contributed by atoms with Gasteiger partial charge in [-0.3, -0.25) is 0 Å². The Morgan fingerprint density at radius 1 is 1.22 bits per heavy atom. The standard InChI is InChI=1S/C20H19N2O/c1-4-14-8-9-16(22(3)12-14)18-13(2)7-10-17-19(18)15-6-5-11-21-20(15)23-17/h5-12H,4H2,1-3H3/q+1/i4D2. The van der Waals surface area contributed by atoms with Crippen LogP contribution in [0.2, 0.25) is 0 Å². The molecule has 3 aromatic heterocycles. The second kappa shape index (κ2) is 5.20. The summed E-state index contributed by atoms with van der Waals surface area (Å²) >= 11 is 0. The minimum absolute atomic E-state index is 0.633. The summed E-state index contributed by atoms with van der Waals surface area (Å²) in [6.07, 6.45) is 2.22. The third-order valence-corrected chi connectivity index (χ3v) is 4.30. The number of hydrogen-bond acceptors (Lipinski definition) is 2. The highest BCUT2D eigenvalue weighted by atomic mass is 16.3. The van der Waals surface area contributed by atoms with E-state index in [4.69, 9.17) is 7.16 Å². The molecule has 1 aromatic carbocycles. The van der Waals surface area contributed by atoms with Crippen LogP contribution < -0.4 is 4.57 Å². The van der Waals surface area contributed by atoms with Crippen LogP contribution in [-0.4, -0.2) is 4.98 Å². The number of pyridine rings is 2. The van der Waals surface area contributed by atoms with Gasteiger partial charge >= 0.3 is 0 Å². The molecule has 4 aromatic rings. The fourth-order valence-electron chi connectivity index (χ4n) is 3.15. The molecule has 0 amide bonds. The fourth-order valence-corrected chi connectivity index (χ4v) is 3.15. The predicted octanol–water partition coefficient (Wildman–Crippen LogP) is 4.34. The lowest BCUT2D eigenvalue weighted by Crippen LogP contribution is -2.31. The first kappa shape index (κ1) is 11.8. The Hall–Kier alpha value is -2.68. The smallest absolute Gasteiger partial charge is 0.227 e. The van der Waals surface area contributed by atoms with Gasteiger partial charge in [0.1, 0.15) is 12.6 Å². The summed E-state index contributed by atoms with van der Waals surface area (Å²) < 4.78 is 23.7. The Bertz CT molecular complexity index is 1110. The molecule has 114 valence electrons. The lowest BCUT2D eigenvalue weighted by Gasteiger charge is -2.07. The van der Waals surface area contributed by atoms with Gasteiger partial charge in [0.25, 0.3) is 0 Å². The summed E-state index contributed by atoms with van der Waals surface area (Å²) in [6.45, 7) is 3.65. The molecule has 23 heavy (non-hydrogen) atoms. The number of nitrogens with zero attached hydrogens (tertiary/aromatic N) is 2. The van der Waals surface area contributed by atoms with Crippen LogP contribution in [0.3, 0.4) is 0 Å². The van der Waals surface area contributed by atoms with Crippen molar-refractivity contribution < 1.29 is 11.7 Å². The number of aryl methyl sites for hydroxylation is 3. The van der Waals surface area contributed by atoms with Gasteiger partial charge in [-0.15, -0.1) is 0 Å². The number of fused-ring (bicyclic) bond motifs is 3. The van der Waals surface area contributed by atoms with Crippen molar-refractivity contribution in [3.8, 4) is 11.3 Å². The van der Waals surface area contributed by atoms with Crippen molar-refractivity contribution in [2.75, 3.05) is 0 Å². The molecule has 3 nitrogen and oxygen atoms in total. The van der Waals surface area contributed by atoms with Crippen LogP contribution in [0.4, 0.5) is 0 Å². The van der Waals surface area contributed by atoms with Crippen LogP contribution in [0.1, 0.15) is 20.8 Å². The van der Waals surface area contributed by atoms with E-state index in [9.17, 15) is 0 Å². The average Bonchev–Trinajstić information content (AvgIpc) is 2.93. The van der Waals surface area contributed by atoms with Crippen LogP contribution in [-0.2, 0) is 13.4 Å². The molecule has 0 saturated heterocycles. The van der Waals surface area contributed by atoms with E-state index < -0.39 is 6.37 Å². The minimum atomic E-state index is -1.37. The molecule has 0 fully saturated rings. The maximum absolute atomic E-state index is 7.93. The van der Waals surface area contributed by atoms with Crippen molar-refractivity contribution in [3.05, 3.63) is 59.9 Å². The van der Waals surface area contributed by atoms with Crippen molar-refractivity contribution >= 4 is 22.1 Å². The highest BCUT2D eigenvalue weighted by Crippen LogP contribution is 2.36. The highest BCUT2D eigenvalue weighted by Gasteiger charge is 2.20. The monoisotopic (exact) mass is 305 g/mol. The Labute approximate surface area is 138 Å². The Morgan fingerprint density at radius 2 is 2.09 bits per heavy atom. The minimum Gasteiger partial charge on any atom is -0.438 e. The molecule has 0 bridgehead atoms. The Balaban J connectivity index is 2.06. The van der Waals surface area contributed by atoms with Gasteiger partial charge in [0.15, 0.2) is 6.20 Å². The third-order valence-electron chi connectivity index (χ3n) is 4.30. The van der Waals surface area contributed by atoms with E-state index in [1.807, 2.05) is 54.2 Å². The summed E-state index contributed by atoms with van der Waals surface area (Å²) in [5, 5.41) is 2.04. The lowest BCUT2D eigenvalue weighted by molar-refractivity contribution is -0.660. The van der Waals surface area contributed by atoms with Gasteiger partial charge in [-0.1, -0.05) is 13.0 Å². The van der Waals surface area contributed by atoms with Crippen LogP contribution in [0.5, 0.6) is 0 Å². The van der Waals surface area contributed by atoms with Crippen LogP contribution in [0, 0.1) is 6.92 Å². The van der Waals surface area contributed by atoms with E-state index in [0.717, 1.165) is 33.2 Å². The van der Waals surface area contributed by atoms with Crippen molar-refractivity contribution in [1.29, 1.82) is 0 Å². The number of benzene rings is 1. The molecular weight excluding hydrogens is 284 g/mol. The van der Waals surface area contributed by atoms with Gasteiger partial charge in [0.2, 0.25) is 11.4 Å². The molecule has 0 N–H and O–H groups in total. The largest absolute Gasteiger partial charge is 0.438 e. The zero-order valence-electron chi connectivity index (χ0n) is 15.4. The molecule has 3 heterocycles. The van der Waals surface area contributed by atoms with E-state index in [-0.39, 0.29) is 0 Å². The van der Waals surface area contributed by atoms with Crippen LogP contribution in [0.25, 0.3) is 33.3 Å². The summed E-state index contributed by atoms with van der Waals surface area (Å²) in [6, 6.07) is 11.8. The predicted molar refractivity (Wildman–Crippen MR) is 92.2 cm³/mol. The summed E-state index contributed by atoms with van der Waals surface area (Å²) in [5.74, 6) is 0. The molecule has 0 aliphatic rings. The third kappa shape index (κ3) is 2.12. The number of aromatic nitrogens is 2. The van der Waals surface area contributed by atoms with E-state index in [1.165, 1.54) is 0 Å². The molecule has 0 aliphatic heterocycles. The lowest BCUT2D eigenvalue weighted by atomic mass is 9.98. The molecule has 0 radical (unpaired) electrons. The molecule has 0 spiro atoms. The molecule has 4 rings (SSSR count). The molecule has 3 heteroatoms. The summed E-state index contributed by atoms with van der Waals surface area (Å²) in [7, 11) is 1.95. The SMILES string of the molecule is [2H]C([2H])(C)c1ccc(-c2c(C)ccc3oc4ncccc4c23)[n+](C)c1. The number of hydrogen-bond donors (Lipinski definition) is 0. The molecule has 0 atom stereocenters. The average molecular weight is 305 g/mol. The first-order chi connectivity index (χ1) is 11.9. The van der Waals surface area contributed by atoms with Crippen molar-refractivity contribution in [2.24, 2.45) is 7.05 Å². The van der Waals surface area contributed by atoms with Crippen molar-refractivity contribution in [2.45, 2.75) is 20.2 Å². The van der Waals surface area contributed by atoms with Gasteiger partial charge in [0, 0.05) is 31.3 Å². The zero-order valence-corrected chi connectivity index (χ0v) is 13.4. The maximum atomic E-state index is 7.93. The Kier molecular flexibility index (Phi) is 2.67. The molecule has 0 unspecified atom stereocenters. The summed E-state index contributed by atoms with van der Waals surface area (Å²) in [4.78, 5) is 4.33. The van der Waals surface area contributed by atoms with Gasteiger partial charge < -0.3 is 4.42 Å². The van der Waals surface area contributed by atoms with E-state index >= 15 is 0 Å². The first-order valence-corrected chi connectivity index (χ1v) is 7.63. The summed E-state index contributed by atoms with van der Waals surface area (Å²) in [5.41, 5.74) is 5.35. The van der Waals surface area contributed by atoms with Gasteiger partial charge in [-0.2, -0.15) is 0 Å².